The van der Waals surface area contributed by atoms with Crippen LogP contribution in [0, 0.1) is 11.2 Å². The molecule has 1 atom stereocenters. The lowest BCUT2D eigenvalue weighted by molar-refractivity contribution is -0.139. The third-order valence-electron chi connectivity index (χ3n) is 4.73. The predicted molar refractivity (Wildman–Crippen MR) is 101 cm³/mol. The molecule has 0 radical (unpaired) electrons. The van der Waals surface area contributed by atoms with Gasteiger partial charge in [-0.15, -0.1) is 0 Å². The Balaban J connectivity index is 2.20. The summed E-state index contributed by atoms with van der Waals surface area (Å²) < 4.78 is 25.3. The number of esters is 1. The first-order valence-corrected chi connectivity index (χ1v) is 9.49. The Kier molecular flexibility index (Phi) is 5.16. The van der Waals surface area contributed by atoms with Crippen LogP contribution in [0.3, 0.4) is 0 Å². The topological polar surface area (TPSA) is 78.6 Å². The first kappa shape index (κ1) is 19.6. The molecule has 1 aliphatic carbocycles. The van der Waals surface area contributed by atoms with E-state index in [4.69, 9.17) is 15.2 Å². The number of benzene rings is 1. The Labute approximate surface area is 165 Å². The van der Waals surface area contributed by atoms with Crippen molar-refractivity contribution in [2.45, 2.75) is 39.5 Å². The molecule has 0 bridgehead atoms. The summed E-state index contributed by atoms with van der Waals surface area (Å²) in [4.78, 5) is 25.5. The van der Waals surface area contributed by atoms with Gasteiger partial charge in [0.2, 0.25) is 5.88 Å². The fraction of sp³-hybridized carbons (Fsp3) is 0.400. The van der Waals surface area contributed by atoms with Crippen LogP contribution in [-0.2, 0) is 19.1 Å². The molecule has 1 heterocycles. The molecular formula is C20H21BrFNO4. The van der Waals surface area contributed by atoms with E-state index in [2.05, 4.69) is 15.9 Å². The highest BCUT2D eigenvalue weighted by atomic mass is 79.9. The van der Waals surface area contributed by atoms with E-state index < -0.39 is 17.7 Å². The zero-order chi connectivity index (χ0) is 19.9. The number of Topliss-reactive ketones (excluding diaryl/α,β-unsaturated/α-hetero) is 1. The molecule has 1 aliphatic heterocycles. The van der Waals surface area contributed by atoms with Crippen molar-refractivity contribution in [1.29, 1.82) is 0 Å². The second-order valence-corrected chi connectivity index (χ2v) is 8.34. The molecule has 0 aromatic heterocycles. The van der Waals surface area contributed by atoms with Gasteiger partial charge in [-0.05, 0) is 46.0 Å². The van der Waals surface area contributed by atoms with Gasteiger partial charge in [-0.25, -0.2) is 9.18 Å². The van der Waals surface area contributed by atoms with Gasteiger partial charge in [-0.3, -0.25) is 4.79 Å². The number of halogens is 2. The molecule has 1 aromatic carbocycles. The summed E-state index contributed by atoms with van der Waals surface area (Å²) in [6.45, 7) is 5.75. The minimum Gasteiger partial charge on any atom is -0.462 e. The Morgan fingerprint density at radius 3 is 2.74 bits per heavy atom. The molecule has 2 aliphatic rings. The number of ether oxygens (including phenoxy) is 2. The van der Waals surface area contributed by atoms with Crippen LogP contribution in [0.5, 0.6) is 0 Å². The van der Waals surface area contributed by atoms with E-state index >= 15 is 0 Å². The van der Waals surface area contributed by atoms with Crippen molar-refractivity contribution < 1.29 is 23.5 Å². The first-order chi connectivity index (χ1) is 12.6. The van der Waals surface area contributed by atoms with Crippen LogP contribution in [0.15, 0.2) is 45.5 Å². The van der Waals surface area contributed by atoms with E-state index in [-0.39, 0.29) is 29.3 Å². The number of hydrogen-bond acceptors (Lipinski definition) is 5. The molecule has 0 saturated heterocycles. The van der Waals surface area contributed by atoms with Gasteiger partial charge >= 0.3 is 5.97 Å². The summed E-state index contributed by atoms with van der Waals surface area (Å²) in [7, 11) is 0. The second kappa shape index (κ2) is 7.11. The van der Waals surface area contributed by atoms with Crippen LogP contribution in [0.25, 0.3) is 0 Å². The Hall–Kier alpha value is -2.15. The van der Waals surface area contributed by atoms with Crippen molar-refractivity contribution in [3.63, 3.8) is 0 Å². The van der Waals surface area contributed by atoms with Crippen LogP contribution in [0.1, 0.15) is 45.1 Å². The number of hydrogen-bond donors (Lipinski definition) is 1. The van der Waals surface area contributed by atoms with Gasteiger partial charge < -0.3 is 15.2 Å². The molecule has 144 valence electrons. The SMILES string of the molecule is CCOC(=O)C1=C(N)OC2=C(C(=O)CC(C)(C)C2)C1c1ccc(Br)c(F)c1. The monoisotopic (exact) mass is 437 g/mol. The number of rotatable bonds is 3. The summed E-state index contributed by atoms with van der Waals surface area (Å²) >= 11 is 3.12. The number of carbonyl (C=O) groups excluding carboxylic acids is 2. The Morgan fingerprint density at radius 2 is 2.11 bits per heavy atom. The third kappa shape index (κ3) is 3.65. The van der Waals surface area contributed by atoms with Crippen molar-refractivity contribution in [2.24, 2.45) is 11.1 Å². The van der Waals surface area contributed by atoms with E-state index in [9.17, 15) is 14.0 Å². The molecular weight excluding hydrogens is 417 g/mol. The molecule has 0 saturated carbocycles. The minimum absolute atomic E-state index is 0.0328. The summed E-state index contributed by atoms with van der Waals surface area (Å²) in [5.74, 6) is -1.79. The van der Waals surface area contributed by atoms with E-state index in [1.54, 1.807) is 13.0 Å². The van der Waals surface area contributed by atoms with Crippen molar-refractivity contribution in [3.8, 4) is 0 Å². The standard InChI is InChI=1S/C20H21BrFNO4/c1-4-26-19(25)17-15(10-5-6-11(21)12(22)7-10)16-13(24)8-20(2,3)9-14(16)27-18(17)23/h5-7,15H,4,8-9,23H2,1-3H3. The maximum absolute atomic E-state index is 14.2. The molecule has 5 nitrogen and oxygen atoms in total. The lowest BCUT2D eigenvalue weighted by Crippen LogP contribution is -2.35. The predicted octanol–water partition coefficient (Wildman–Crippen LogP) is 4.08. The molecule has 3 rings (SSSR count). The molecule has 0 amide bonds. The van der Waals surface area contributed by atoms with E-state index in [0.29, 0.717) is 34.2 Å². The van der Waals surface area contributed by atoms with Crippen LogP contribution in [-0.4, -0.2) is 18.4 Å². The lowest BCUT2D eigenvalue weighted by atomic mass is 9.70. The van der Waals surface area contributed by atoms with Gasteiger partial charge in [-0.1, -0.05) is 19.9 Å². The number of ketones is 1. The smallest absolute Gasteiger partial charge is 0.340 e. The Morgan fingerprint density at radius 1 is 1.41 bits per heavy atom. The maximum Gasteiger partial charge on any atom is 0.340 e. The minimum atomic E-state index is -0.820. The van der Waals surface area contributed by atoms with Gasteiger partial charge in [0, 0.05) is 18.4 Å². The fourth-order valence-electron chi connectivity index (χ4n) is 3.62. The molecule has 0 fully saturated rings. The summed E-state index contributed by atoms with van der Waals surface area (Å²) in [6, 6.07) is 4.49. The highest BCUT2D eigenvalue weighted by Gasteiger charge is 2.45. The normalized spacial score (nSPS) is 21.7. The number of nitrogens with two attached hydrogens (primary N) is 1. The van der Waals surface area contributed by atoms with Crippen LogP contribution >= 0.6 is 15.9 Å². The molecule has 1 aromatic rings. The average molecular weight is 438 g/mol. The lowest BCUT2D eigenvalue weighted by Gasteiger charge is -2.37. The maximum atomic E-state index is 14.2. The molecule has 7 heteroatoms. The quantitative estimate of drug-likeness (QED) is 0.720. The highest BCUT2D eigenvalue weighted by Crippen LogP contribution is 2.48. The highest BCUT2D eigenvalue weighted by molar-refractivity contribution is 9.10. The first-order valence-electron chi connectivity index (χ1n) is 8.70. The van der Waals surface area contributed by atoms with Gasteiger partial charge in [-0.2, -0.15) is 0 Å². The van der Waals surface area contributed by atoms with E-state index in [1.807, 2.05) is 13.8 Å². The molecule has 0 spiro atoms. The zero-order valence-corrected chi connectivity index (χ0v) is 17.0. The van der Waals surface area contributed by atoms with Gasteiger partial charge in [0.25, 0.3) is 0 Å². The zero-order valence-electron chi connectivity index (χ0n) is 15.4. The largest absolute Gasteiger partial charge is 0.462 e. The van der Waals surface area contributed by atoms with Crippen molar-refractivity contribution in [1.82, 2.24) is 0 Å². The van der Waals surface area contributed by atoms with E-state index in [0.717, 1.165) is 0 Å². The molecule has 1 unspecified atom stereocenters. The average Bonchev–Trinajstić information content (AvgIpc) is 2.55. The summed E-state index contributed by atoms with van der Waals surface area (Å²) in [5, 5.41) is 0. The fourth-order valence-corrected chi connectivity index (χ4v) is 3.86. The van der Waals surface area contributed by atoms with Crippen molar-refractivity contribution >= 4 is 27.7 Å². The van der Waals surface area contributed by atoms with E-state index in [1.165, 1.54) is 12.1 Å². The molecule has 27 heavy (non-hydrogen) atoms. The van der Waals surface area contributed by atoms with Gasteiger partial charge in [0.05, 0.1) is 17.0 Å². The van der Waals surface area contributed by atoms with Gasteiger partial charge in [0.15, 0.2) is 5.78 Å². The van der Waals surface area contributed by atoms with Crippen LogP contribution in [0.4, 0.5) is 4.39 Å². The second-order valence-electron chi connectivity index (χ2n) is 7.48. The third-order valence-corrected chi connectivity index (χ3v) is 5.37. The molecule has 2 N–H and O–H groups in total. The number of allylic oxidation sites excluding steroid dienone is 2. The number of carbonyl (C=O) groups is 2. The summed E-state index contributed by atoms with van der Waals surface area (Å²) in [5.41, 5.74) is 6.61. The Bertz CT molecular complexity index is 888. The summed E-state index contributed by atoms with van der Waals surface area (Å²) in [6.07, 6.45) is 0.807. The van der Waals surface area contributed by atoms with Crippen molar-refractivity contribution in [3.05, 3.63) is 56.8 Å². The van der Waals surface area contributed by atoms with Gasteiger partial charge in [0.1, 0.15) is 17.1 Å². The van der Waals surface area contributed by atoms with Crippen LogP contribution in [0.2, 0.25) is 0 Å². The van der Waals surface area contributed by atoms with Crippen molar-refractivity contribution in [2.75, 3.05) is 6.61 Å². The van der Waals surface area contributed by atoms with Crippen LogP contribution < -0.4 is 5.73 Å².